The minimum atomic E-state index is -3.64. The Labute approximate surface area is 195 Å². The molecule has 7 nitrogen and oxygen atoms in total. The first kappa shape index (κ1) is 23.7. The van der Waals surface area contributed by atoms with E-state index in [0.717, 1.165) is 76.0 Å². The van der Waals surface area contributed by atoms with Gasteiger partial charge in [0.05, 0.1) is 5.56 Å². The summed E-state index contributed by atoms with van der Waals surface area (Å²) < 4.78 is 28.1. The fraction of sp³-hybridized carbons (Fsp3) is 0.739. The third-order valence-electron chi connectivity index (χ3n) is 7.03. The highest BCUT2D eigenvalue weighted by Crippen LogP contribution is 2.30. The fourth-order valence-electron chi connectivity index (χ4n) is 5.04. The number of amides is 2. The lowest BCUT2D eigenvalue weighted by Crippen LogP contribution is -2.44. The summed E-state index contributed by atoms with van der Waals surface area (Å²) in [6, 6.07) is 1.54. The Morgan fingerprint density at radius 2 is 1.31 bits per heavy atom. The number of carbonyl (C=O) groups excluding carboxylic acids is 2. The summed E-state index contributed by atoms with van der Waals surface area (Å²) in [6.07, 6.45) is 9.93. The Morgan fingerprint density at radius 1 is 0.781 bits per heavy atom. The molecule has 32 heavy (non-hydrogen) atoms. The average molecular weight is 482 g/mol. The number of hydrogen-bond donors (Lipinski definition) is 0. The molecule has 0 spiro atoms. The van der Waals surface area contributed by atoms with E-state index in [4.69, 9.17) is 0 Å². The maximum atomic E-state index is 13.2. The first-order valence-corrected chi connectivity index (χ1v) is 14.5. The van der Waals surface area contributed by atoms with Gasteiger partial charge in [0.15, 0.2) is 0 Å². The molecule has 9 heteroatoms. The van der Waals surface area contributed by atoms with E-state index in [1.165, 1.54) is 17.1 Å². The number of thiophene rings is 1. The lowest BCUT2D eigenvalue weighted by atomic mass is 9.96. The van der Waals surface area contributed by atoms with Crippen molar-refractivity contribution in [2.24, 2.45) is 5.92 Å². The van der Waals surface area contributed by atoms with Crippen LogP contribution in [0.2, 0.25) is 0 Å². The smallest absolute Gasteiger partial charge is 0.254 e. The summed E-state index contributed by atoms with van der Waals surface area (Å²) in [7, 11) is -3.64. The van der Waals surface area contributed by atoms with E-state index in [1.807, 2.05) is 9.80 Å². The third-order valence-corrected chi connectivity index (χ3v) is 10.3. The minimum Gasteiger partial charge on any atom is -0.342 e. The second-order valence-corrected chi connectivity index (χ2v) is 12.4. The molecule has 0 bridgehead atoms. The lowest BCUT2D eigenvalue weighted by molar-refractivity contribution is -0.136. The summed E-state index contributed by atoms with van der Waals surface area (Å²) in [6.45, 7) is 3.88. The molecule has 4 rings (SSSR count). The van der Waals surface area contributed by atoms with Crippen molar-refractivity contribution in [2.45, 2.75) is 68.4 Å². The van der Waals surface area contributed by atoms with Crippen molar-refractivity contribution in [1.82, 2.24) is 14.1 Å². The highest BCUT2D eigenvalue weighted by atomic mass is 32.2. The summed E-state index contributed by atoms with van der Waals surface area (Å²) >= 11 is 1.13. The van der Waals surface area contributed by atoms with Crippen molar-refractivity contribution in [2.75, 3.05) is 39.3 Å². The number of nitrogens with zero attached hydrogens (tertiary/aromatic N) is 3. The van der Waals surface area contributed by atoms with E-state index in [2.05, 4.69) is 0 Å². The molecular formula is C23H35N3O4S2. The van der Waals surface area contributed by atoms with Gasteiger partial charge in [0.1, 0.15) is 4.21 Å². The zero-order chi connectivity index (χ0) is 22.6. The van der Waals surface area contributed by atoms with Gasteiger partial charge in [0.2, 0.25) is 5.91 Å². The second-order valence-electron chi connectivity index (χ2n) is 9.28. The van der Waals surface area contributed by atoms with Crippen molar-refractivity contribution in [3.05, 3.63) is 17.0 Å². The van der Waals surface area contributed by atoms with E-state index in [-0.39, 0.29) is 21.9 Å². The number of carbonyl (C=O) groups is 2. The number of rotatable bonds is 4. The standard InChI is InChI=1S/C23H35N3O4S2/c27-22(24-11-5-1-2-6-12-24)19-9-15-26(16-10-19)32(29,30)21-17-20(18-31-21)23(28)25-13-7-3-4-8-14-25/h17-19H,1-16H2. The van der Waals surface area contributed by atoms with Gasteiger partial charge in [-0.1, -0.05) is 25.7 Å². The molecule has 1 aromatic heterocycles. The van der Waals surface area contributed by atoms with Gasteiger partial charge in [0.25, 0.3) is 15.9 Å². The van der Waals surface area contributed by atoms with Gasteiger partial charge in [-0.15, -0.1) is 11.3 Å². The van der Waals surface area contributed by atoms with Crippen LogP contribution < -0.4 is 0 Å². The van der Waals surface area contributed by atoms with E-state index in [9.17, 15) is 18.0 Å². The van der Waals surface area contributed by atoms with Crippen LogP contribution in [0, 0.1) is 5.92 Å². The zero-order valence-corrected chi connectivity index (χ0v) is 20.5. The van der Waals surface area contributed by atoms with Crippen LogP contribution in [-0.4, -0.2) is 73.6 Å². The summed E-state index contributed by atoms with van der Waals surface area (Å²) in [4.78, 5) is 29.6. The summed E-state index contributed by atoms with van der Waals surface area (Å²) in [5.74, 6) is 0.0554. The summed E-state index contributed by atoms with van der Waals surface area (Å²) in [5.41, 5.74) is 0.474. The van der Waals surface area contributed by atoms with E-state index in [0.29, 0.717) is 31.5 Å². The predicted molar refractivity (Wildman–Crippen MR) is 125 cm³/mol. The van der Waals surface area contributed by atoms with Gasteiger partial charge in [-0.3, -0.25) is 9.59 Å². The number of likely N-dealkylation sites (tertiary alicyclic amines) is 2. The molecule has 0 atom stereocenters. The Bertz CT molecular complexity index is 890. The fourth-order valence-corrected chi connectivity index (χ4v) is 7.82. The molecule has 3 saturated heterocycles. The molecule has 0 N–H and O–H groups in total. The van der Waals surface area contributed by atoms with Crippen LogP contribution in [0.1, 0.15) is 74.6 Å². The Morgan fingerprint density at radius 3 is 1.88 bits per heavy atom. The molecule has 3 aliphatic heterocycles. The van der Waals surface area contributed by atoms with Crippen molar-refractivity contribution in [3.63, 3.8) is 0 Å². The largest absolute Gasteiger partial charge is 0.342 e. The third kappa shape index (κ3) is 5.37. The van der Waals surface area contributed by atoms with Gasteiger partial charge < -0.3 is 9.80 Å². The van der Waals surface area contributed by atoms with Crippen molar-refractivity contribution in [3.8, 4) is 0 Å². The predicted octanol–water partition coefficient (Wildman–Crippen LogP) is 3.57. The molecule has 3 fully saturated rings. The highest BCUT2D eigenvalue weighted by molar-refractivity contribution is 7.91. The van der Waals surface area contributed by atoms with E-state index in [1.54, 1.807) is 11.4 Å². The molecule has 0 aromatic carbocycles. The van der Waals surface area contributed by atoms with Crippen LogP contribution in [-0.2, 0) is 14.8 Å². The van der Waals surface area contributed by atoms with Crippen LogP contribution >= 0.6 is 11.3 Å². The van der Waals surface area contributed by atoms with Crippen molar-refractivity contribution >= 4 is 33.2 Å². The molecule has 0 radical (unpaired) electrons. The second kappa shape index (κ2) is 10.7. The van der Waals surface area contributed by atoms with Gasteiger partial charge in [-0.25, -0.2) is 8.42 Å². The maximum absolute atomic E-state index is 13.2. The molecule has 0 unspecified atom stereocenters. The van der Waals surface area contributed by atoms with Crippen LogP contribution in [0.3, 0.4) is 0 Å². The number of hydrogen-bond acceptors (Lipinski definition) is 5. The van der Waals surface area contributed by atoms with Gasteiger partial charge >= 0.3 is 0 Å². The van der Waals surface area contributed by atoms with E-state index >= 15 is 0 Å². The van der Waals surface area contributed by atoms with Crippen LogP contribution in [0.15, 0.2) is 15.7 Å². The SMILES string of the molecule is O=C(c1csc(S(=O)(=O)N2CCC(C(=O)N3CCCCCC3)CC2)c1)N1CCCCCC1. The Kier molecular flexibility index (Phi) is 7.89. The molecule has 2 amide bonds. The quantitative estimate of drug-likeness (QED) is 0.659. The molecule has 178 valence electrons. The lowest BCUT2D eigenvalue weighted by Gasteiger charge is -2.33. The molecule has 4 heterocycles. The Balaban J connectivity index is 1.36. The van der Waals surface area contributed by atoms with Gasteiger partial charge in [0, 0.05) is 50.6 Å². The average Bonchev–Trinajstić information content (AvgIpc) is 2.99. The van der Waals surface area contributed by atoms with Gasteiger partial charge in [-0.2, -0.15) is 4.31 Å². The van der Waals surface area contributed by atoms with Crippen LogP contribution in [0.4, 0.5) is 0 Å². The molecule has 0 saturated carbocycles. The number of piperidine rings is 1. The molecular weight excluding hydrogens is 446 g/mol. The van der Waals surface area contributed by atoms with Crippen LogP contribution in [0.25, 0.3) is 0 Å². The topological polar surface area (TPSA) is 78.0 Å². The normalized spacial score (nSPS) is 22.4. The van der Waals surface area contributed by atoms with Crippen LogP contribution in [0.5, 0.6) is 0 Å². The highest BCUT2D eigenvalue weighted by Gasteiger charge is 2.35. The molecule has 0 aliphatic carbocycles. The van der Waals surface area contributed by atoms with Crippen molar-refractivity contribution in [1.29, 1.82) is 0 Å². The number of sulfonamides is 1. The maximum Gasteiger partial charge on any atom is 0.254 e. The Hall–Kier alpha value is -1.45. The first-order valence-electron chi connectivity index (χ1n) is 12.1. The van der Waals surface area contributed by atoms with Crippen molar-refractivity contribution < 1.29 is 18.0 Å². The molecule has 3 aliphatic rings. The monoisotopic (exact) mass is 481 g/mol. The zero-order valence-electron chi connectivity index (χ0n) is 18.8. The van der Waals surface area contributed by atoms with E-state index < -0.39 is 10.0 Å². The minimum absolute atomic E-state index is 0.0636. The first-order chi connectivity index (χ1) is 15.5. The molecule has 1 aromatic rings. The van der Waals surface area contributed by atoms with Gasteiger partial charge in [-0.05, 0) is 44.6 Å². The summed E-state index contributed by atoms with van der Waals surface area (Å²) in [5, 5.41) is 1.68.